The minimum absolute atomic E-state index is 0.244. The topological polar surface area (TPSA) is 12.0 Å². The maximum atomic E-state index is 3.40. The molecule has 2 heteroatoms. The molecule has 1 unspecified atom stereocenters. The Morgan fingerprint density at radius 2 is 1.75 bits per heavy atom. The van der Waals surface area contributed by atoms with Crippen LogP contribution in [0.3, 0.4) is 0 Å². The van der Waals surface area contributed by atoms with E-state index in [1.54, 1.807) is 0 Å². The zero-order valence-corrected chi connectivity index (χ0v) is 11.8. The molecule has 16 heavy (non-hydrogen) atoms. The van der Waals surface area contributed by atoms with Crippen LogP contribution in [0, 0.1) is 5.41 Å². The number of benzene rings is 1. The first-order chi connectivity index (χ1) is 7.49. The Kier molecular flexibility index (Phi) is 4.88. The van der Waals surface area contributed by atoms with E-state index in [0.717, 1.165) is 5.75 Å². The van der Waals surface area contributed by atoms with Crippen LogP contribution in [0.2, 0.25) is 0 Å². The lowest BCUT2D eigenvalue weighted by Gasteiger charge is -2.30. The molecule has 0 fully saturated rings. The molecule has 0 aromatic heterocycles. The molecule has 1 aromatic carbocycles. The fourth-order valence-corrected chi connectivity index (χ4v) is 2.68. The zero-order chi connectivity index (χ0) is 12.2. The van der Waals surface area contributed by atoms with Crippen molar-refractivity contribution in [1.29, 1.82) is 0 Å². The quantitative estimate of drug-likeness (QED) is 0.791. The average Bonchev–Trinajstić information content (AvgIpc) is 2.20. The molecule has 0 spiro atoms. The molecule has 0 aliphatic carbocycles. The van der Waals surface area contributed by atoms with Gasteiger partial charge >= 0.3 is 0 Å². The van der Waals surface area contributed by atoms with Crippen molar-refractivity contribution in [2.75, 3.05) is 12.8 Å². The molecule has 0 saturated carbocycles. The van der Waals surface area contributed by atoms with Crippen molar-refractivity contribution in [2.24, 2.45) is 5.41 Å². The van der Waals surface area contributed by atoms with E-state index in [0.29, 0.717) is 6.04 Å². The maximum absolute atomic E-state index is 3.40. The summed E-state index contributed by atoms with van der Waals surface area (Å²) >= 11 is 1.89. The lowest BCUT2D eigenvalue weighted by atomic mass is 9.82. The second-order valence-electron chi connectivity index (χ2n) is 5.09. The molecule has 0 aliphatic rings. The fourth-order valence-electron chi connectivity index (χ4n) is 2.02. The third-order valence-corrected chi connectivity index (χ3v) is 3.57. The van der Waals surface area contributed by atoms with Gasteiger partial charge in [-0.2, -0.15) is 0 Å². The highest BCUT2D eigenvalue weighted by atomic mass is 32.2. The van der Waals surface area contributed by atoms with Crippen LogP contribution in [0.5, 0.6) is 0 Å². The molecule has 1 N–H and O–H groups in total. The lowest BCUT2D eigenvalue weighted by molar-refractivity contribution is 0.287. The number of hydrogen-bond acceptors (Lipinski definition) is 2. The standard InChI is InChI=1S/C14H23NS/c1-6-16-12-9-7-11(8-10-12)13(15-5)14(2,3)4/h7-10,13,15H,6H2,1-5H3. The molecule has 0 heterocycles. The lowest BCUT2D eigenvalue weighted by Crippen LogP contribution is -2.29. The first-order valence-corrected chi connectivity index (χ1v) is 6.87. The fraction of sp³-hybridized carbons (Fsp3) is 0.571. The first kappa shape index (κ1) is 13.6. The van der Waals surface area contributed by atoms with Gasteiger partial charge in [0.15, 0.2) is 0 Å². The minimum atomic E-state index is 0.244. The summed E-state index contributed by atoms with van der Waals surface area (Å²) in [5.74, 6) is 1.13. The van der Waals surface area contributed by atoms with E-state index in [1.165, 1.54) is 10.5 Å². The molecule has 1 atom stereocenters. The van der Waals surface area contributed by atoms with Gasteiger partial charge in [-0.25, -0.2) is 0 Å². The van der Waals surface area contributed by atoms with Crippen LogP contribution in [0.4, 0.5) is 0 Å². The Balaban J connectivity index is 2.87. The first-order valence-electron chi connectivity index (χ1n) is 5.89. The molecule has 0 aliphatic heterocycles. The zero-order valence-electron chi connectivity index (χ0n) is 11.0. The average molecular weight is 237 g/mol. The molecular formula is C14H23NS. The summed E-state index contributed by atoms with van der Waals surface area (Å²) in [5.41, 5.74) is 1.62. The highest BCUT2D eigenvalue weighted by Crippen LogP contribution is 2.33. The molecule has 0 amide bonds. The van der Waals surface area contributed by atoms with Crippen molar-refractivity contribution in [2.45, 2.75) is 38.6 Å². The van der Waals surface area contributed by atoms with Gasteiger partial charge < -0.3 is 5.32 Å². The molecule has 1 aromatic rings. The second kappa shape index (κ2) is 5.74. The van der Waals surface area contributed by atoms with Crippen LogP contribution in [0.15, 0.2) is 29.2 Å². The van der Waals surface area contributed by atoms with Crippen molar-refractivity contribution < 1.29 is 0 Å². The molecule has 0 radical (unpaired) electrons. The van der Waals surface area contributed by atoms with Gasteiger partial charge in [0, 0.05) is 10.9 Å². The summed E-state index contributed by atoms with van der Waals surface area (Å²) in [6.07, 6.45) is 0. The van der Waals surface area contributed by atoms with E-state index in [-0.39, 0.29) is 5.41 Å². The molecule has 0 saturated heterocycles. The van der Waals surface area contributed by atoms with Gasteiger partial charge in [-0.15, -0.1) is 11.8 Å². The predicted octanol–water partition coefficient (Wildman–Crippen LogP) is 4.11. The van der Waals surface area contributed by atoms with Gasteiger partial charge in [0.05, 0.1) is 0 Å². The largest absolute Gasteiger partial charge is 0.313 e. The smallest absolute Gasteiger partial charge is 0.0366 e. The Hall–Kier alpha value is -0.470. The summed E-state index contributed by atoms with van der Waals surface area (Å²) in [7, 11) is 2.03. The Bertz CT molecular complexity index is 311. The second-order valence-corrected chi connectivity index (χ2v) is 6.43. The number of thioether (sulfide) groups is 1. The third-order valence-electron chi connectivity index (χ3n) is 2.68. The van der Waals surface area contributed by atoms with E-state index in [4.69, 9.17) is 0 Å². The van der Waals surface area contributed by atoms with Crippen LogP contribution in [0.25, 0.3) is 0 Å². The van der Waals surface area contributed by atoms with Crippen LogP contribution >= 0.6 is 11.8 Å². The van der Waals surface area contributed by atoms with Crippen LogP contribution in [0.1, 0.15) is 39.3 Å². The van der Waals surface area contributed by atoms with Crippen molar-refractivity contribution in [1.82, 2.24) is 5.32 Å². The van der Waals surface area contributed by atoms with Gasteiger partial charge in [-0.3, -0.25) is 0 Å². The highest BCUT2D eigenvalue weighted by Gasteiger charge is 2.24. The molecular weight excluding hydrogens is 214 g/mol. The van der Waals surface area contributed by atoms with Crippen molar-refractivity contribution in [3.8, 4) is 0 Å². The summed E-state index contributed by atoms with van der Waals surface area (Å²) in [5, 5.41) is 3.40. The van der Waals surface area contributed by atoms with E-state index >= 15 is 0 Å². The van der Waals surface area contributed by atoms with Crippen molar-refractivity contribution >= 4 is 11.8 Å². The molecule has 1 nitrogen and oxygen atoms in total. The Morgan fingerprint density at radius 1 is 1.19 bits per heavy atom. The van der Waals surface area contributed by atoms with Crippen LogP contribution < -0.4 is 5.32 Å². The molecule has 90 valence electrons. The van der Waals surface area contributed by atoms with Gasteiger partial charge in [0.1, 0.15) is 0 Å². The molecule has 0 bridgehead atoms. The summed E-state index contributed by atoms with van der Waals surface area (Å²) < 4.78 is 0. The van der Waals surface area contributed by atoms with Gasteiger partial charge in [0.25, 0.3) is 0 Å². The van der Waals surface area contributed by atoms with Crippen molar-refractivity contribution in [3.63, 3.8) is 0 Å². The van der Waals surface area contributed by atoms with Crippen LogP contribution in [-0.4, -0.2) is 12.8 Å². The van der Waals surface area contributed by atoms with E-state index in [9.17, 15) is 0 Å². The van der Waals surface area contributed by atoms with Crippen LogP contribution in [-0.2, 0) is 0 Å². The van der Waals surface area contributed by atoms with E-state index < -0.39 is 0 Å². The Morgan fingerprint density at radius 3 is 2.12 bits per heavy atom. The summed E-state index contributed by atoms with van der Waals surface area (Å²) in [4.78, 5) is 1.36. The van der Waals surface area contributed by atoms with E-state index in [1.807, 2.05) is 18.8 Å². The van der Waals surface area contributed by atoms with E-state index in [2.05, 4.69) is 57.3 Å². The number of rotatable bonds is 4. The van der Waals surface area contributed by atoms with Gasteiger partial charge in [0.2, 0.25) is 0 Å². The van der Waals surface area contributed by atoms with Gasteiger partial charge in [-0.1, -0.05) is 39.8 Å². The summed E-state index contributed by atoms with van der Waals surface area (Å²) in [6, 6.07) is 9.33. The highest BCUT2D eigenvalue weighted by molar-refractivity contribution is 7.99. The van der Waals surface area contributed by atoms with Crippen molar-refractivity contribution in [3.05, 3.63) is 29.8 Å². The third kappa shape index (κ3) is 3.53. The number of hydrogen-bond donors (Lipinski definition) is 1. The number of nitrogens with one attached hydrogen (secondary N) is 1. The predicted molar refractivity (Wildman–Crippen MR) is 74.1 cm³/mol. The SMILES string of the molecule is CCSc1ccc(C(NC)C(C)(C)C)cc1. The van der Waals surface area contributed by atoms with Gasteiger partial charge in [-0.05, 0) is 35.9 Å². The maximum Gasteiger partial charge on any atom is 0.0366 e. The minimum Gasteiger partial charge on any atom is -0.313 e. The molecule has 1 rings (SSSR count). The Labute approximate surface area is 104 Å². The monoisotopic (exact) mass is 237 g/mol. The summed E-state index contributed by atoms with van der Waals surface area (Å²) in [6.45, 7) is 8.98. The normalized spacial score (nSPS) is 13.8.